The van der Waals surface area contributed by atoms with Crippen molar-refractivity contribution >= 4 is 22.4 Å². The molecular weight excluding hydrogens is 196 g/mol. The molecule has 2 rings (SSSR count). The van der Waals surface area contributed by atoms with E-state index in [1.54, 1.807) is 0 Å². The number of benzene rings is 2. The third kappa shape index (κ3) is 1.83. The van der Waals surface area contributed by atoms with Crippen LogP contribution < -0.4 is 4.74 Å². The zero-order chi connectivity index (χ0) is 9.80. The highest BCUT2D eigenvalue weighted by Crippen LogP contribution is 2.24. The Morgan fingerprint density at radius 2 is 1.79 bits per heavy atom. The minimum Gasteiger partial charge on any atom is -0.492 e. The van der Waals surface area contributed by atoms with Crippen molar-refractivity contribution in [3.8, 4) is 5.75 Å². The second kappa shape index (κ2) is 4.34. The number of fused-ring (bicyclic) bond motifs is 1. The van der Waals surface area contributed by atoms with E-state index < -0.39 is 0 Å². The van der Waals surface area contributed by atoms with Gasteiger partial charge in [-0.1, -0.05) is 36.4 Å². The fourth-order valence-electron chi connectivity index (χ4n) is 1.47. The van der Waals surface area contributed by atoms with Crippen molar-refractivity contribution in [2.24, 2.45) is 0 Å². The summed E-state index contributed by atoms with van der Waals surface area (Å²) in [5.74, 6) is 1.42. The molecule has 0 saturated heterocycles. The van der Waals surface area contributed by atoms with Crippen LogP contribution in [-0.4, -0.2) is 12.5 Å². The van der Waals surface area contributed by atoms with E-state index in [0.29, 0.717) is 12.5 Å². The van der Waals surface area contributed by atoms with Crippen LogP contribution in [0.5, 0.6) is 5.75 Å². The second-order valence-corrected chi connectivity index (χ2v) is 3.39. The van der Waals surface area contributed by atoms with Crippen LogP contribution in [0.15, 0.2) is 42.5 Å². The quantitative estimate of drug-likeness (QED) is 0.699. The van der Waals surface area contributed by atoms with Crippen LogP contribution in [-0.2, 0) is 0 Å². The summed E-state index contributed by atoms with van der Waals surface area (Å²) in [7, 11) is 0. The molecule has 0 N–H and O–H groups in total. The lowest BCUT2D eigenvalue weighted by molar-refractivity contribution is 0.347. The van der Waals surface area contributed by atoms with Crippen molar-refractivity contribution in [1.82, 2.24) is 0 Å². The number of halogens is 1. The van der Waals surface area contributed by atoms with Gasteiger partial charge in [0, 0.05) is 5.39 Å². The summed E-state index contributed by atoms with van der Waals surface area (Å²) in [6, 6.07) is 14.2. The third-order valence-electron chi connectivity index (χ3n) is 2.08. The van der Waals surface area contributed by atoms with Gasteiger partial charge in [0.15, 0.2) is 0 Å². The molecule has 0 spiro atoms. The largest absolute Gasteiger partial charge is 0.492 e. The van der Waals surface area contributed by atoms with E-state index in [1.165, 1.54) is 5.39 Å². The Hall–Kier alpha value is -1.21. The average Bonchev–Trinajstić information content (AvgIpc) is 2.26. The Bertz CT molecular complexity index is 420. The van der Waals surface area contributed by atoms with Crippen LogP contribution in [0.2, 0.25) is 0 Å². The Balaban J connectivity index is 2.43. The number of rotatable bonds is 3. The zero-order valence-electron chi connectivity index (χ0n) is 7.74. The SMILES string of the molecule is ClCCOc1cccc2ccccc12. The normalized spacial score (nSPS) is 10.4. The highest BCUT2D eigenvalue weighted by Gasteiger charge is 1.99. The van der Waals surface area contributed by atoms with E-state index in [1.807, 2.05) is 24.3 Å². The predicted molar refractivity (Wildman–Crippen MR) is 60.2 cm³/mol. The lowest BCUT2D eigenvalue weighted by Gasteiger charge is -2.07. The molecule has 0 amide bonds. The molecule has 0 radical (unpaired) electrons. The van der Waals surface area contributed by atoms with Crippen molar-refractivity contribution < 1.29 is 4.74 Å². The summed E-state index contributed by atoms with van der Waals surface area (Å²) in [6.45, 7) is 0.551. The van der Waals surface area contributed by atoms with Gasteiger partial charge < -0.3 is 4.74 Å². The van der Waals surface area contributed by atoms with Gasteiger partial charge in [0.05, 0.1) is 5.88 Å². The van der Waals surface area contributed by atoms with Gasteiger partial charge in [-0.2, -0.15) is 0 Å². The van der Waals surface area contributed by atoms with Crippen molar-refractivity contribution in [3.05, 3.63) is 42.5 Å². The molecular formula is C12H11ClO. The van der Waals surface area contributed by atoms with Gasteiger partial charge in [0.25, 0.3) is 0 Å². The first-order valence-electron chi connectivity index (χ1n) is 4.58. The van der Waals surface area contributed by atoms with Gasteiger partial charge in [0.1, 0.15) is 12.4 Å². The van der Waals surface area contributed by atoms with E-state index >= 15 is 0 Å². The average molecular weight is 207 g/mol. The van der Waals surface area contributed by atoms with Crippen LogP contribution in [0.4, 0.5) is 0 Å². The first-order chi connectivity index (χ1) is 6.92. The zero-order valence-corrected chi connectivity index (χ0v) is 8.50. The van der Waals surface area contributed by atoms with Gasteiger partial charge in [-0.25, -0.2) is 0 Å². The van der Waals surface area contributed by atoms with Crippen LogP contribution >= 0.6 is 11.6 Å². The van der Waals surface area contributed by atoms with Crippen molar-refractivity contribution in [3.63, 3.8) is 0 Å². The van der Waals surface area contributed by atoms with Gasteiger partial charge in [0.2, 0.25) is 0 Å². The minimum atomic E-state index is 0.517. The van der Waals surface area contributed by atoms with E-state index in [2.05, 4.69) is 18.2 Å². The van der Waals surface area contributed by atoms with Gasteiger partial charge >= 0.3 is 0 Å². The molecule has 0 aliphatic carbocycles. The summed E-state index contributed by atoms with van der Waals surface area (Å²) in [5, 5.41) is 2.33. The molecule has 0 fully saturated rings. The number of alkyl halides is 1. The molecule has 1 nitrogen and oxygen atoms in total. The fraction of sp³-hybridized carbons (Fsp3) is 0.167. The maximum absolute atomic E-state index is 5.58. The number of hydrogen-bond donors (Lipinski definition) is 0. The topological polar surface area (TPSA) is 9.23 Å². The monoisotopic (exact) mass is 206 g/mol. The van der Waals surface area contributed by atoms with Crippen LogP contribution in [0.1, 0.15) is 0 Å². The smallest absolute Gasteiger partial charge is 0.127 e. The molecule has 72 valence electrons. The van der Waals surface area contributed by atoms with Gasteiger partial charge in [-0.05, 0) is 11.5 Å². The minimum absolute atomic E-state index is 0.517. The Morgan fingerprint density at radius 3 is 2.64 bits per heavy atom. The molecule has 0 aliphatic heterocycles. The van der Waals surface area contributed by atoms with Crippen LogP contribution in [0.25, 0.3) is 10.8 Å². The summed E-state index contributed by atoms with van der Waals surface area (Å²) in [6.07, 6.45) is 0. The van der Waals surface area contributed by atoms with Crippen LogP contribution in [0, 0.1) is 0 Å². The standard InChI is InChI=1S/C12H11ClO/c13-8-9-14-12-7-3-5-10-4-1-2-6-11(10)12/h1-7H,8-9H2. The highest BCUT2D eigenvalue weighted by atomic mass is 35.5. The molecule has 0 aromatic heterocycles. The molecule has 0 atom stereocenters. The Labute approximate surface area is 88.3 Å². The number of hydrogen-bond acceptors (Lipinski definition) is 1. The molecule has 0 aliphatic rings. The lowest BCUT2D eigenvalue weighted by Crippen LogP contribution is -1.98. The van der Waals surface area contributed by atoms with Crippen molar-refractivity contribution in [2.75, 3.05) is 12.5 Å². The molecule has 2 heteroatoms. The second-order valence-electron chi connectivity index (χ2n) is 3.01. The number of ether oxygens (including phenoxy) is 1. The highest BCUT2D eigenvalue weighted by molar-refractivity contribution is 6.18. The molecule has 0 unspecified atom stereocenters. The van der Waals surface area contributed by atoms with E-state index in [0.717, 1.165) is 11.1 Å². The van der Waals surface area contributed by atoms with E-state index in [9.17, 15) is 0 Å². The lowest BCUT2D eigenvalue weighted by atomic mass is 10.1. The maximum atomic E-state index is 5.58. The Kier molecular flexibility index (Phi) is 2.90. The van der Waals surface area contributed by atoms with Gasteiger partial charge in [-0.3, -0.25) is 0 Å². The summed E-state index contributed by atoms with van der Waals surface area (Å²) < 4.78 is 5.54. The predicted octanol–water partition coefficient (Wildman–Crippen LogP) is 3.46. The maximum Gasteiger partial charge on any atom is 0.127 e. The van der Waals surface area contributed by atoms with E-state index in [4.69, 9.17) is 16.3 Å². The fourth-order valence-corrected chi connectivity index (χ4v) is 1.55. The summed E-state index contributed by atoms with van der Waals surface area (Å²) >= 11 is 5.58. The molecule has 14 heavy (non-hydrogen) atoms. The van der Waals surface area contributed by atoms with Crippen LogP contribution in [0.3, 0.4) is 0 Å². The van der Waals surface area contributed by atoms with Crippen molar-refractivity contribution in [1.29, 1.82) is 0 Å². The van der Waals surface area contributed by atoms with E-state index in [-0.39, 0.29) is 0 Å². The van der Waals surface area contributed by atoms with Gasteiger partial charge in [-0.15, -0.1) is 11.6 Å². The molecule has 2 aromatic rings. The summed E-state index contributed by atoms with van der Waals surface area (Å²) in [5.41, 5.74) is 0. The molecule has 2 aromatic carbocycles. The Morgan fingerprint density at radius 1 is 1.00 bits per heavy atom. The molecule has 0 bridgehead atoms. The first kappa shape index (κ1) is 9.35. The summed E-state index contributed by atoms with van der Waals surface area (Å²) in [4.78, 5) is 0. The molecule has 0 saturated carbocycles. The third-order valence-corrected chi connectivity index (χ3v) is 2.24. The molecule has 0 heterocycles. The first-order valence-corrected chi connectivity index (χ1v) is 5.12. The van der Waals surface area contributed by atoms with Crippen molar-refractivity contribution in [2.45, 2.75) is 0 Å².